The Labute approximate surface area is 98.2 Å². The van der Waals surface area contributed by atoms with Gasteiger partial charge in [0, 0.05) is 3.57 Å². The number of halogens is 1. The van der Waals surface area contributed by atoms with E-state index in [-0.39, 0.29) is 0 Å². The lowest BCUT2D eigenvalue weighted by molar-refractivity contribution is 1.52. The molecule has 0 amide bonds. The van der Waals surface area contributed by atoms with Crippen molar-refractivity contribution in [2.24, 2.45) is 0 Å². The van der Waals surface area contributed by atoms with Crippen LogP contribution in [0.3, 0.4) is 0 Å². The monoisotopic (exact) mass is 294 g/mol. The second kappa shape index (κ2) is 4.13. The molecule has 0 aliphatic heterocycles. The fourth-order valence-corrected chi connectivity index (χ4v) is 1.85. The highest BCUT2D eigenvalue weighted by Gasteiger charge is 2.01. The van der Waals surface area contributed by atoms with Gasteiger partial charge in [0.05, 0.1) is 0 Å². The highest BCUT2D eigenvalue weighted by Crippen LogP contribution is 2.23. The van der Waals surface area contributed by atoms with Crippen LogP contribution in [0.4, 0.5) is 0 Å². The molecule has 0 heterocycles. The van der Waals surface area contributed by atoms with Crippen LogP contribution in [0, 0.1) is 3.57 Å². The summed E-state index contributed by atoms with van der Waals surface area (Å²) >= 11 is 2.32. The van der Waals surface area contributed by atoms with Gasteiger partial charge in [-0.3, -0.25) is 0 Å². The third kappa shape index (κ3) is 1.98. The summed E-state index contributed by atoms with van der Waals surface area (Å²) in [6, 6.07) is 8.62. The molecule has 1 heteroatoms. The molecule has 0 nitrogen and oxygen atoms in total. The van der Waals surface area contributed by atoms with Crippen molar-refractivity contribution >= 4 is 28.2 Å². The molecule has 0 fully saturated rings. The molecule has 0 spiro atoms. The van der Waals surface area contributed by atoms with Gasteiger partial charge in [-0.25, -0.2) is 0 Å². The Hall–Kier alpha value is -0.830. The van der Waals surface area contributed by atoms with Crippen molar-refractivity contribution in [1.82, 2.24) is 0 Å². The van der Waals surface area contributed by atoms with E-state index in [1.54, 1.807) is 0 Å². The number of hydrogen-bond donors (Lipinski definition) is 0. The van der Waals surface area contributed by atoms with Crippen molar-refractivity contribution in [3.8, 4) is 0 Å². The van der Waals surface area contributed by atoms with Crippen LogP contribution in [0.15, 0.2) is 54.1 Å². The minimum atomic E-state index is 1.28. The second-order valence-corrected chi connectivity index (χ2v) is 4.55. The van der Waals surface area contributed by atoms with E-state index in [1.165, 1.54) is 20.3 Å². The third-order valence-corrected chi connectivity index (χ3v) is 3.09. The zero-order valence-electron chi connectivity index (χ0n) is 8.00. The van der Waals surface area contributed by atoms with Crippen LogP contribution in [0.25, 0.3) is 5.57 Å². The van der Waals surface area contributed by atoms with E-state index in [2.05, 4.69) is 78.1 Å². The van der Waals surface area contributed by atoms with Crippen molar-refractivity contribution < 1.29 is 0 Å². The Bertz CT molecular complexity index is 405. The van der Waals surface area contributed by atoms with Crippen LogP contribution in [0.5, 0.6) is 0 Å². The smallest absolute Gasteiger partial charge is 0.0130 e. The molecule has 0 saturated carbocycles. The fraction of sp³-hybridized carbons (Fsp3) is 0.0769. The first-order valence-corrected chi connectivity index (χ1v) is 5.67. The zero-order valence-corrected chi connectivity index (χ0v) is 10.2. The zero-order chi connectivity index (χ0) is 9.97. The number of allylic oxidation sites excluding steroid dienone is 6. The predicted molar refractivity (Wildman–Crippen MR) is 70.0 cm³/mol. The minimum absolute atomic E-state index is 1.28. The summed E-state index contributed by atoms with van der Waals surface area (Å²) in [6.07, 6.45) is 8.44. The normalized spacial score (nSPS) is 13.7. The predicted octanol–water partition coefficient (Wildman–Crippen LogP) is 4.19. The highest BCUT2D eigenvalue weighted by atomic mass is 127. The van der Waals surface area contributed by atoms with Gasteiger partial charge in [0.2, 0.25) is 0 Å². The van der Waals surface area contributed by atoms with E-state index in [4.69, 9.17) is 0 Å². The van der Waals surface area contributed by atoms with E-state index in [1.807, 2.05) is 0 Å². The molecule has 1 aromatic carbocycles. The van der Waals surface area contributed by atoms with Crippen molar-refractivity contribution in [2.45, 2.75) is 6.92 Å². The van der Waals surface area contributed by atoms with Crippen LogP contribution < -0.4 is 0 Å². The van der Waals surface area contributed by atoms with Gasteiger partial charge < -0.3 is 0 Å². The van der Waals surface area contributed by atoms with Gasteiger partial charge in [0.1, 0.15) is 0 Å². The Kier molecular flexibility index (Phi) is 2.87. The first kappa shape index (κ1) is 9.71. The average molecular weight is 294 g/mol. The van der Waals surface area contributed by atoms with Crippen LogP contribution in [-0.4, -0.2) is 0 Å². The lowest BCUT2D eigenvalue weighted by Crippen LogP contribution is -1.83. The molecule has 0 atom stereocenters. The summed E-state index contributed by atoms with van der Waals surface area (Å²) in [5.74, 6) is 0. The molecule has 2 rings (SSSR count). The Balaban J connectivity index is 2.40. The van der Waals surface area contributed by atoms with Crippen LogP contribution in [0.2, 0.25) is 0 Å². The lowest BCUT2D eigenvalue weighted by atomic mass is 10.0. The maximum absolute atomic E-state index is 2.32. The summed E-state index contributed by atoms with van der Waals surface area (Å²) in [4.78, 5) is 0. The molecule has 70 valence electrons. The molecule has 0 unspecified atom stereocenters. The van der Waals surface area contributed by atoms with Gasteiger partial charge in [-0.1, -0.05) is 36.4 Å². The second-order valence-electron chi connectivity index (χ2n) is 3.31. The molecular formula is C13H11I. The van der Waals surface area contributed by atoms with Gasteiger partial charge in [0.25, 0.3) is 0 Å². The van der Waals surface area contributed by atoms with Gasteiger partial charge >= 0.3 is 0 Å². The summed E-state index contributed by atoms with van der Waals surface area (Å²) in [6.45, 7) is 2.16. The topological polar surface area (TPSA) is 0 Å². The number of benzene rings is 1. The fourth-order valence-electron chi connectivity index (χ4n) is 1.49. The quantitative estimate of drug-likeness (QED) is 0.681. The van der Waals surface area contributed by atoms with Gasteiger partial charge in [-0.15, -0.1) is 0 Å². The van der Waals surface area contributed by atoms with E-state index >= 15 is 0 Å². The maximum atomic E-state index is 2.32. The molecule has 14 heavy (non-hydrogen) atoms. The molecular weight excluding hydrogens is 283 g/mol. The average Bonchev–Trinajstić information content (AvgIpc) is 2.71. The summed E-state index contributed by atoms with van der Waals surface area (Å²) in [7, 11) is 0. The van der Waals surface area contributed by atoms with Crippen LogP contribution >= 0.6 is 22.6 Å². The van der Waals surface area contributed by atoms with Crippen molar-refractivity contribution in [2.75, 3.05) is 0 Å². The SMILES string of the molecule is CC(=C1C=CC=C1)c1ccc(I)cc1. The van der Waals surface area contributed by atoms with Gasteiger partial charge in [-0.05, 0) is 58.4 Å². The first-order valence-electron chi connectivity index (χ1n) is 4.59. The Morgan fingerprint density at radius 2 is 1.57 bits per heavy atom. The van der Waals surface area contributed by atoms with Gasteiger partial charge in [-0.2, -0.15) is 0 Å². The lowest BCUT2D eigenvalue weighted by Gasteiger charge is -2.03. The van der Waals surface area contributed by atoms with E-state index < -0.39 is 0 Å². The van der Waals surface area contributed by atoms with Crippen molar-refractivity contribution in [3.05, 3.63) is 63.3 Å². The largest absolute Gasteiger partial charge is 0.0616 e. The molecule has 0 radical (unpaired) electrons. The minimum Gasteiger partial charge on any atom is -0.0616 e. The Morgan fingerprint density at radius 3 is 2.14 bits per heavy atom. The summed E-state index contributed by atoms with van der Waals surface area (Å²) < 4.78 is 1.28. The van der Waals surface area contributed by atoms with Crippen molar-refractivity contribution in [3.63, 3.8) is 0 Å². The van der Waals surface area contributed by atoms with Gasteiger partial charge in [0.15, 0.2) is 0 Å². The van der Waals surface area contributed by atoms with Crippen LogP contribution in [-0.2, 0) is 0 Å². The standard InChI is InChI=1S/C13H11I/c1-10(11-4-2-3-5-11)12-6-8-13(14)9-7-12/h2-9H,1H3. The first-order chi connectivity index (χ1) is 6.77. The van der Waals surface area contributed by atoms with E-state index in [0.717, 1.165) is 0 Å². The highest BCUT2D eigenvalue weighted by molar-refractivity contribution is 14.1. The van der Waals surface area contributed by atoms with E-state index in [9.17, 15) is 0 Å². The number of rotatable bonds is 1. The molecule has 0 N–H and O–H groups in total. The molecule has 0 aromatic heterocycles. The van der Waals surface area contributed by atoms with Crippen LogP contribution in [0.1, 0.15) is 12.5 Å². The number of hydrogen-bond acceptors (Lipinski definition) is 0. The van der Waals surface area contributed by atoms with E-state index in [0.29, 0.717) is 0 Å². The summed E-state index contributed by atoms with van der Waals surface area (Å²) in [5.41, 5.74) is 3.95. The molecule has 1 aliphatic rings. The molecule has 0 bridgehead atoms. The molecule has 0 saturated heterocycles. The Morgan fingerprint density at radius 1 is 1.00 bits per heavy atom. The molecule has 1 aromatic rings. The summed E-state index contributed by atoms with van der Waals surface area (Å²) in [5, 5.41) is 0. The third-order valence-electron chi connectivity index (χ3n) is 2.37. The van der Waals surface area contributed by atoms with Crippen molar-refractivity contribution in [1.29, 1.82) is 0 Å². The molecule has 1 aliphatic carbocycles. The maximum Gasteiger partial charge on any atom is 0.0130 e.